The summed E-state index contributed by atoms with van der Waals surface area (Å²) in [5, 5.41) is 0.385. The summed E-state index contributed by atoms with van der Waals surface area (Å²) in [6.45, 7) is 1.29. The number of carbonyl (C=O) groups is 1. The summed E-state index contributed by atoms with van der Waals surface area (Å²) < 4.78 is 11.0. The van der Waals surface area contributed by atoms with Gasteiger partial charge in [-0.15, -0.1) is 0 Å². The third-order valence-corrected chi connectivity index (χ3v) is 4.56. The first kappa shape index (κ1) is 17.0. The quantitative estimate of drug-likeness (QED) is 0.234. The molecule has 0 fully saturated rings. The van der Waals surface area contributed by atoms with Crippen LogP contribution in [0.1, 0.15) is 6.92 Å². The Morgan fingerprint density at radius 1 is 1.33 bits per heavy atom. The Morgan fingerprint density at radius 2 is 2.12 bits per heavy atom. The number of hydrogen-bond donors (Lipinski definition) is 1. The second-order valence-corrected chi connectivity index (χ2v) is 6.76. The van der Waals surface area contributed by atoms with Crippen LogP contribution in [0.2, 0.25) is 5.02 Å². The van der Waals surface area contributed by atoms with Gasteiger partial charge in [-0.2, -0.15) is 0 Å². The number of imidazole rings is 1. The molecule has 0 aromatic carbocycles. The van der Waals surface area contributed by atoms with Gasteiger partial charge in [-0.1, -0.05) is 0 Å². The fourth-order valence-electron chi connectivity index (χ4n) is 2.08. The molecule has 0 amide bonds. The standard InChI is InChI=1S/C14H10BClIN4O3/c1-6(22)24-14-18-9-5-8(16)11(20-12(9)21-14)7-3-4-10(17-15)19-13(7)23-2/h3-5H,1-2H3,(H,18,20,21)/q-1. The topological polar surface area (TPSA) is 90.0 Å². The first-order valence-corrected chi connectivity index (χ1v) is 9.35. The van der Waals surface area contributed by atoms with Crippen LogP contribution in [0.25, 0.3) is 22.4 Å². The van der Waals surface area contributed by atoms with Crippen molar-refractivity contribution in [1.82, 2.24) is 19.9 Å². The molecule has 24 heavy (non-hydrogen) atoms. The fraction of sp³-hybridized carbons (Fsp3) is 0.143. The van der Waals surface area contributed by atoms with E-state index < -0.39 is 27.0 Å². The molecule has 0 unspecified atom stereocenters. The van der Waals surface area contributed by atoms with Gasteiger partial charge in [0.25, 0.3) is 0 Å². The van der Waals surface area contributed by atoms with Crippen LogP contribution in [-0.2, 0) is 4.79 Å². The van der Waals surface area contributed by atoms with Crippen molar-refractivity contribution in [2.24, 2.45) is 0 Å². The van der Waals surface area contributed by atoms with E-state index in [-0.39, 0.29) is 6.01 Å². The Balaban J connectivity index is 2.12. The van der Waals surface area contributed by atoms with Gasteiger partial charge in [-0.05, 0) is 0 Å². The molecule has 3 aromatic rings. The van der Waals surface area contributed by atoms with E-state index in [1.165, 1.54) is 14.0 Å². The van der Waals surface area contributed by atoms with Crippen LogP contribution in [0.15, 0.2) is 18.2 Å². The summed E-state index contributed by atoms with van der Waals surface area (Å²) in [5.74, 6) is -0.0888. The van der Waals surface area contributed by atoms with Crippen LogP contribution in [0, 0.1) is 3.70 Å². The average molecular weight is 455 g/mol. The molecule has 0 spiro atoms. The second-order valence-electron chi connectivity index (χ2n) is 4.63. The number of carbonyl (C=O) groups excluding carboxylic acids is 1. The zero-order valence-corrected chi connectivity index (χ0v) is 15.5. The van der Waals surface area contributed by atoms with Crippen molar-refractivity contribution < 1.29 is 35.3 Å². The van der Waals surface area contributed by atoms with Crippen molar-refractivity contribution in [3.63, 3.8) is 0 Å². The van der Waals surface area contributed by atoms with E-state index in [0.717, 1.165) is 3.70 Å². The van der Waals surface area contributed by atoms with Gasteiger partial charge in [0.15, 0.2) is 0 Å². The molecule has 3 aromatic heterocycles. The molecule has 2 radical (unpaired) electrons. The zero-order valence-electron chi connectivity index (χ0n) is 12.6. The normalized spacial score (nSPS) is 11.0. The van der Waals surface area contributed by atoms with Gasteiger partial charge in [0.05, 0.1) is 0 Å². The Bertz CT molecular complexity index is 934. The molecule has 0 saturated carbocycles. The van der Waals surface area contributed by atoms with Crippen LogP contribution < -0.4 is 30.5 Å². The molecular weight excluding hydrogens is 445 g/mol. The first-order chi connectivity index (χ1) is 11.5. The van der Waals surface area contributed by atoms with Gasteiger partial charge in [0, 0.05) is 0 Å². The van der Waals surface area contributed by atoms with Crippen molar-refractivity contribution in [1.29, 1.82) is 0 Å². The summed E-state index contributed by atoms with van der Waals surface area (Å²) in [5.41, 5.74) is 7.72. The molecule has 1 N–H and O–H groups in total. The summed E-state index contributed by atoms with van der Waals surface area (Å²) in [6, 6.07) is 5.35. The molecule has 122 valence electrons. The number of nitrogens with one attached hydrogen (secondary N) is 1. The van der Waals surface area contributed by atoms with Crippen LogP contribution in [0.3, 0.4) is 0 Å². The van der Waals surface area contributed by atoms with Crippen molar-refractivity contribution in [2.45, 2.75) is 6.92 Å². The number of ether oxygens (including phenoxy) is 2. The van der Waals surface area contributed by atoms with E-state index in [1.54, 1.807) is 6.07 Å². The number of rotatable bonds is 4. The predicted molar refractivity (Wildman–Crippen MR) is 84.4 cm³/mol. The van der Waals surface area contributed by atoms with Crippen LogP contribution >= 0.6 is 11.6 Å². The van der Waals surface area contributed by atoms with E-state index in [9.17, 15) is 4.79 Å². The molecule has 0 bridgehead atoms. The Morgan fingerprint density at radius 3 is 2.79 bits per heavy atom. The summed E-state index contributed by atoms with van der Waals surface area (Å²) in [6.07, 6.45) is 0. The van der Waals surface area contributed by atoms with Crippen molar-refractivity contribution in [3.8, 4) is 23.1 Å². The Labute approximate surface area is 153 Å². The molecule has 0 saturated heterocycles. The van der Waals surface area contributed by atoms with Crippen molar-refractivity contribution in [2.75, 3.05) is 7.11 Å². The fourth-order valence-corrected chi connectivity index (χ4v) is 3.08. The van der Waals surface area contributed by atoms with E-state index in [0.29, 0.717) is 33.3 Å². The minimum absolute atomic E-state index is 0.0616. The van der Waals surface area contributed by atoms with Crippen LogP contribution in [0.5, 0.6) is 11.9 Å². The molecule has 0 aliphatic rings. The maximum absolute atomic E-state index is 11.0. The SMILES string of the molecule is [B][I-]c1ccc(-c2nc3nc(OC(C)=O)[nH]c3cc2Cl)c(OC)n1. The second kappa shape index (κ2) is 6.93. The van der Waals surface area contributed by atoms with E-state index in [1.807, 2.05) is 12.1 Å². The monoisotopic (exact) mass is 455 g/mol. The number of hydrogen-bond acceptors (Lipinski definition) is 6. The van der Waals surface area contributed by atoms with Crippen LogP contribution in [-0.4, -0.2) is 38.7 Å². The third kappa shape index (κ3) is 3.31. The minimum atomic E-state index is -0.649. The van der Waals surface area contributed by atoms with Crippen molar-refractivity contribution in [3.05, 3.63) is 26.9 Å². The van der Waals surface area contributed by atoms with Gasteiger partial charge in [0.1, 0.15) is 0 Å². The molecule has 3 rings (SSSR count). The van der Waals surface area contributed by atoms with Gasteiger partial charge in [-0.3, -0.25) is 0 Å². The van der Waals surface area contributed by atoms with Gasteiger partial charge in [-0.25, -0.2) is 0 Å². The van der Waals surface area contributed by atoms with E-state index >= 15 is 0 Å². The predicted octanol–water partition coefficient (Wildman–Crippen LogP) is -1.05. The first-order valence-electron chi connectivity index (χ1n) is 6.65. The molecule has 0 aliphatic carbocycles. The number of fused-ring (bicyclic) bond motifs is 1. The molecular formula is C14H10BClIN4O3-. The number of methoxy groups -OCH3 is 1. The van der Waals surface area contributed by atoms with Crippen molar-refractivity contribution >= 4 is 34.4 Å². The zero-order chi connectivity index (χ0) is 17.3. The number of aromatic nitrogens is 4. The van der Waals surface area contributed by atoms with E-state index in [4.69, 9.17) is 26.8 Å². The summed E-state index contributed by atoms with van der Waals surface area (Å²) >= 11 is 5.69. The summed E-state index contributed by atoms with van der Waals surface area (Å²) in [7, 11) is 1.52. The number of esters is 1. The number of halogens is 2. The number of pyridine rings is 2. The van der Waals surface area contributed by atoms with Gasteiger partial charge in [0.2, 0.25) is 0 Å². The molecule has 0 aliphatic heterocycles. The Hall–Kier alpha value is -1.88. The maximum atomic E-state index is 11.0. The number of aromatic amines is 1. The van der Waals surface area contributed by atoms with Gasteiger partial charge < -0.3 is 0 Å². The molecule has 3 heterocycles. The molecule has 10 heteroatoms. The van der Waals surface area contributed by atoms with E-state index in [2.05, 4.69) is 19.9 Å². The average Bonchev–Trinajstić information content (AvgIpc) is 2.93. The van der Waals surface area contributed by atoms with Gasteiger partial charge >= 0.3 is 154 Å². The molecule has 7 nitrogen and oxygen atoms in total. The molecule has 0 atom stereocenters. The summed E-state index contributed by atoms with van der Waals surface area (Å²) in [4.78, 5) is 26.8. The number of H-pyrrole nitrogens is 1. The Kier molecular flexibility index (Phi) is 4.90. The van der Waals surface area contributed by atoms with Crippen LogP contribution in [0.4, 0.5) is 0 Å². The number of nitrogens with zero attached hydrogens (tertiary/aromatic N) is 3. The third-order valence-electron chi connectivity index (χ3n) is 3.03.